The van der Waals surface area contributed by atoms with Crippen molar-refractivity contribution in [3.63, 3.8) is 0 Å². The second kappa shape index (κ2) is 14.6. The minimum absolute atomic E-state index is 0.0245. The van der Waals surface area contributed by atoms with E-state index < -0.39 is 11.9 Å². The molecule has 0 spiro atoms. The van der Waals surface area contributed by atoms with Gasteiger partial charge in [-0.05, 0) is 38.0 Å². The van der Waals surface area contributed by atoms with Crippen LogP contribution in [0.3, 0.4) is 0 Å². The van der Waals surface area contributed by atoms with Crippen LogP contribution in [0.15, 0.2) is 25.8 Å². The number of ether oxygens (including phenoxy) is 1. The molecule has 1 N–H and O–H groups in total. The second-order valence-electron chi connectivity index (χ2n) is 9.09. The molecular weight excluding hydrogens is 436 g/mol. The van der Waals surface area contributed by atoms with E-state index in [0.717, 1.165) is 38.5 Å². The fourth-order valence-electron chi connectivity index (χ4n) is 4.18. The van der Waals surface area contributed by atoms with E-state index in [1.807, 2.05) is 26.0 Å². The van der Waals surface area contributed by atoms with Crippen molar-refractivity contribution in [3.8, 4) is 11.8 Å². The van der Waals surface area contributed by atoms with Crippen molar-refractivity contribution < 1.29 is 28.3 Å². The molecule has 34 heavy (non-hydrogen) atoms. The number of aliphatic hydroxyl groups is 1. The van der Waals surface area contributed by atoms with Crippen LogP contribution >= 0.6 is 0 Å². The summed E-state index contributed by atoms with van der Waals surface area (Å²) in [5.74, 6) is 6.12. The van der Waals surface area contributed by atoms with Crippen LogP contribution in [0.1, 0.15) is 89.6 Å². The molecule has 2 rings (SSSR count). The van der Waals surface area contributed by atoms with E-state index in [0.29, 0.717) is 37.2 Å². The third-order valence-corrected chi connectivity index (χ3v) is 6.36. The Balaban J connectivity index is 1.64. The number of ketones is 1. The molecule has 0 saturated heterocycles. The highest BCUT2D eigenvalue weighted by molar-refractivity contribution is 5.83. The highest BCUT2D eigenvalue weighted by Crippen LogP contribution is 2.34. The van der Waals surface area contributed by atoms with E-state index in [9.17, 15) is 19.5 Å². The lowest BCUT2D eigenvalue weighted by Crippen LogP contribution is -2.17. The van der Waals surface area contributed by atoms with E-state index in [2.05, 4.69) is 11.8 Å². The molecule has 1 aromatic rings. The monoisotopic (exact) mass is 474 g/mol. The molecule has 0 amide bonds. The molecule has 7 nitrogen and oxygen atoms in total. The minimum atomic E-state index is -0.801. The molecule has 4 atom stereocenters. The first-order chi connectivity index (χ1) is 16.3. The van der Waals surface area contributed by atoms with Crippen LogP contribution in [0.25, 0.3) is 0 Å². The fraction of sp³-hybridized carbons (Fsp3) is 0.667. The summed E-state index contributed by atoms with van der Waals surface area (Å²) in [5, 5.41) is 10.4. The number of unbranched alkanes of at least 4 members (excludes halogenated alkanes) is 3. The van der Waals surface area contributed by atoms with Gasteiger partial charge in [0.05, 0.1) is 6.10 Å². The fourth-order valence-corrected chi connectivity index (χ4v) is 4.18. The lowest BCUT2D eigenvalue weighted by atomic mass is 9.88. The summed E-state index contributed by atoms with van der Waals surface area (Å²) in [7, 11) is 0. The zero-order chi connectivity index (χ0) is 24.9. The first-order valence-corrected chi connectivity index (χ1v) is 12.4. The maximum Gasteiger partial charge on any atom is 0.519 e. The average molecular weight is 475 g/mol. The molecule has 1 unspecified atom stereocenters. The maximum absolute atomic E-state index is 12.4. The van der Waals surface area contributed by atoms with Crippen LogP contribution < -0.4 is 5.82 Å². The first kappa shape index (κ1) is 27.7. The zero-order valence-electron chi connectivity index (χ0n) is 20.6. The van der Waals surface area contributed by atoms with Crippen LogP contribution in [-0.2, 0) is 20.9 Å². The van der Waals surface area contributed by atoms with Gasteiger partial charge in [-0.3, -0.25) is 9.59 Å². The summed E-state index contributed by atoms with van der Waals surface area (Å²) in [6.45, 7) is 5.47. The van der Waals surface area contributed by atoms with E-state index in [1.54, 1.807) is 6.92 Å². The van der Waals surface area contributed by atoms with Crippen LogP contribution in [0.4, 0.5) is 0 Å². The normalized spacial score (nSPS) is 19.7. The van der Waals surface area contributed by atoms with Crippen LogP contribution in [0.5, 0.6) is 0 Å². The summed E-state index contributed by atoms with van der Waals surface area (Å²) in [6, 6.07) is 0. The lowest BCUT2D eigenvalue weighted by Gasteiger charge is -2.17. The lowest BCUT2D eigenvalue weighted by molar-refractivity contribution is -0.145. The number of carbonyl (C=O) groups is 2. The Morgan fingerprint density at radius 3 is 2.68 bits per heavy atom. The Bertz CT molecular complexity index is 927. The van der Waals surface area contributed by atoms with Gasteiger partial charge in [0.2, 0.25) is 0 Å². The van der Waals surface area contributed by atoms with Gasteiger partial charge in [0, 0.05) is 31.6 Å². The van der Waals surface area contributed by atoms with Gasteiger partial charge in [0.1, 0.15) is 5.78 Å². The minimum Gasteiger partial charge on any atom is -0.457 e. The molecule has 7 heteroatoms. The largest absolute Gasteiger partial charge is 0.519 e. The van der Waals surface area contributed by atoms with Crippen molar-refractivity contribution >= 4 is 11.8 Å². The summed E-state index contributed by atoms with van der Waals surface area (Å²) >= 11 is 0. The number of rotatable bonds is 13. The molecule has 0 aliphatic heterocycles. The first-order valence-electron chi connectivity index (χ1n) is 12.4. The predicted octanol–water partition coefficient (Wildman–Crippen LogP) is 4.88. The van der Waals surface area contributed by atoms with Gasteiger partial charge in [-0.2, -0.15) is 0 Å². The van der Waals surface area contributed by atoms with E-state index in [-0.39, 0.29) is 36.1 Å². The van der Waals surface area contributed by atoms with Crippen molar-refractivity contribution in [2.75, 3.05) is 0 Å². The number of carbonyl (C=O) groups excluding carboxylic acids is 2. The SMILES string of the molecule is CCC#CC[C@H](C)[C@H](O)/C=C/C1CCC(=O)[C@@H]1CCCCCCC(=O)OCc1oc(=O)oc1C. The van der Waals surface area contributed by atoms with Gasteiger partial charge in [-0.1, -0.05) is 45.3 Å². The van der Waals surface area contributed by atoms with Gasteiger partial charge in [0.15, 0.2) is 18.1 Å². The van der Waals surface area contributed by atoms with Gasteiger partial charge in [-0.15, -0.1) is 11.8 Å². The molecule has 1 saturated carbocycles. The number of allylic oxidation sites excluding steroid dienone is 1. The Kier molecular flexibility index (Phi) is 11.9. The molecule has 1 aliphatic carbocycles. The number of esters is 1. The van der Waals surface area contributed by atoms with Crippen LogP contribution in [0, 0.1) is 36.5 Å². The Hall–Kier alpha value is -2.59. The smallest absolute Gasteiger partial charge is 0.457 e. The summed E-state index contributed by atoms with van der Waals surface area (Å²) in [4.78, 5) is 35.2. The number of aryl methyl sites for hydroxylation is 1. The van der Waals surface area contributed by atoms with Crippen LogP contribution in [-0.4, -0.2) is 23.0 Å². The molecule has 1 fully saturated rings. The summed E-state index contributed by atoms with van der Waals surface area (Å²) < 4.78 is 14.6. The Morgan fingerprint density at radius 2 is 1.97 bits per heavy atom. The number of hydrogen-bond acceptors (Lipinski definition) is 7. The highest BCUT2D eigenvalue weighted by Gasteiger charge is 2.32. The maximum atomic E-state index is 12.4. The third-order valence-electron chi connectivity index (χ3n) is 6.36. The summed E-state index contributed by atoms with van der Waals surface area (Å²) in [6.07, 6.45) is 10.9. The predicted molar refractivity (Wildman–Crippen MR) is 128 cm³/mol. The Labute approximate surface area is 201 Å². The van der Waals surface area contributed by atoms with Gasteiger partial charge >= 0.3 is 11.8 Å². The topological polar surface area (TPSA) is 107 Å². The average Bonchev–Trinajstić information content (AvgIpc) is 3.32. The number of aliphatic hydroxyl groups excluding tert-OH is 1. The molecule has 1 aliphatic rings. The highest BCUT2D eigenvalue weighted by atomic mass is 16.6. The number of hydrogen-bond donors (Lipinski definition) is 1. The summed E-state index contributed by atoms with van der Waals surface area (Å²) in [5.41, 5.74) is 0. The van der Waals surface area contributed by atoms with E-state index in [4.69, 9.17) is 13.6 Å². The van der Waals surface area contributed by atoms with Crippen molar-refractivity contribution in [2.24, 2.45) is 17.8 Å². The van der Waals surface area contributed by atoms with Gasteiger partial charge < -0.3 is 18.7 Å². The van der Waals surface area contributed by atoms with Gasteiger partial charge in [-0.25, -0.2) is 4.79 Å². The van der Waals surface area contributed by atoms with Gasteiger partial charge in [0.25, 0.3) is 0 Å². The Morgan fingerprint density at radius 1 is 1.21 bits per heavy atom. The molecule has 0 aromatic carbocycles. The second-order valence-corrected chi connectivity index (χ2v) is 9.09. The van der Waals surface area contributed by atoms with E-state index in [1.165, 1.54) is 0 Å². The molecule has 188 valence electrons. The molecule has 0 bridgehead atoms. The standard InChI is InChI=1S/C27H38O7/c1-4-5-8-11-19(2)23(28)16-14-21-15-17-24(29)22(21)12-9-6-7-10-13-26(30)32-18-25-20(3)33-27(31)34-25/h14,16,19,21-23,28H,4,6-7,9-13,15,17-18H2,1-3H3/b16-14+/t19-,21?,22+,23+/m0/s1. The molecule has 0 radical (unpaired) electrons. The van der Waals surface area contributed by atoms with Crippen molar-refractivity contribution in [1.82, 2.24) is 0 Å². The van der Waals surface area contributed by atoms with Crippen molar-refractivity contribution in [2.45, 2.75) is 97.7 Å². The number of Topliss-reactive ketones (excluding diaryl/α,β-unsaturated/α-hetero) is 1. The molecule has 1 aromatic heterocycles. The quantitative estimate of drug-likeness (QED) is 0.188. The van der Waals surface area contributed by atoms with Crippen LogP contribution in [0.2, 0.25) is 0 Å². The third kappa shape index (κ3) is 9.34. The molecular formula is C27H38O7. The zero-order valence-corrected chi connectivity index (χ0v) is 20.6. The molecule has 1 heterocycles. The van der Waals surface area contributed by atoms with Crippen molar-refractivity contribution in [3.05, 3.63) is 34.3 Å². The van der Waals surface area contributed by atoms with Crippen molar-refractivity contribution in [1.29, 1.82) is 0 Å². The van der Waals surface area contributed by atoms with E-state index >= 15 is 0 Å².